The number of nitrogens with zero attached hydrogens (tertiary/aromatic N) is 1. The molecule has 1 atom stereocenters. The average Bonchev–Trinajstić information content (AvgIpc) is 2.77. The fraction of sp³-hybridized carbons (Fsp3) is 0.643. The number of aromatic nitrogens is 1. The lowest BCUT2D eigenvalue weighted by molar-refractivity contribution is 0.0216. The van der Waals surface area contributed by atoms with Crippen LogP contribution in [0.15, 0.2) is 22.8 Å². The molecule has 1 unspecified atom stereocenters. The number of hydrogen-bond acceptors (Lipinski definition) is 4. The van der Waals surface area contributed by atoms with Crippen LogP contribution in [0.2, 0.25) is 0 Å². The molecular weight excluding hydrogens is 308 g/mol. The van der Waals surface area contributed by atoms with Crippen molar-refractivity contribution >= 4 is 15.9 Å². The number of hydrogen-bond donors (Lipinski definition) is 2. The summed E-state index contributed by atoms with van der Waals surface area (Å²) < 4.78 is 6.26. The summed E-state index contributed by atoms with van der Waals surface area (Å²) in [6.07, 6.45) is 4.80. The van der Waals surface area contributed by atoms with Gasteiger partial charge in [0.15, 0.2) is 0 Å². The van der Waals surface area contributed by atoms with Crippen molar-refractivity contribution in [2.75, 3.05) is 19.8 Å². The number of ether oxygens (including phenoxy) is 1. The Kier molecular flexibility index (Phi) is 3.89. The Morgan fingerprint density at radius 1 is 1.47 bits per heavy atom. The first-order valence-electron chi connectivity index (χ1n) is 6.80. The third kappa shape index (κ3) is 3.16. The highest BCUT2D eigenvalue weighted by molar-refractivity contribution is 9.10. The van der Waals surface area contributed by atoms with E-state index < -0.39 is 5.60 Å². The SMILES string of the molecule is OC1(CNC2CC(c3ccc(Br)cn3)C2)CCOC1. The first-order chi connectivity index (χ1) is 9.15. The standard InChI is InChI=1S/C14H19BrN2O2/c15-11-1-2-13(16-7-11)10-5-12(6-10)17-8-14(18)3-4-19-9-14/h1-2,7,10,12,17-18H,3-6,8-9H2. The van der Waals surface area contributed by atoms with E-state index in [1.165, 1.54) is 5.69 Å². The van der Waals surface area contributed by atoms with E-state index in [0.29, 0.717) is 31.7 Å². The van der Waals surface area contributed by atoms with Crippen LogP contribution < -0.4 is 5.32 Å². The van der Waals surface area contributed by atoms with E-state index in [0.717, 1.165) is 23.7 Å². The summed E-state index contributed by atoms with van der Waals surface area (Å²) in [7, 11) is 0. The van der Waals surface area contributed by atoms with E-state index in [2.05, 4.69) is 32.3 Å². The number of halogens is 1. The van der Waals surface area contributed by atoms with Gasteiger partial charge < -0.3 is 15.2 Å². The molecular formula is C14H19BrN2O2. The van der Waals surface area contributed by atoms with E-state index in [-0.39, 0.29) is 0 Å². The molecule has 0 amide bonds. The molecule has 3 rings (SSSR count). The summed E-state index contributed by atoms with van der Waals surface area (Å²) in [5, 5.41) is 13.6. The molecule has 1 aromatic heterocycles. The Labute approximate surface area is 121 Å². The van der Waals surface area contributed by atoms with Gasteiger partial charge in [-0.15, -0.1) is 0 Å². The molecule has 1 aliphatic heterocycles. The van der Waals surface area contributed by atoms with E-state index >= 15 is 0 Å². The van der Waals surface area contributed by atoms with Crippen molar-refractivity contribution in [3.8, 4) is 0 Å². The van der Waals surface area contributed by atoms with Crippen LogP contribution in [-0.2, 0) is 4.74 Å². The van der Waals surface area contributed by atoms with Gasteiger partial charge in [-0.1, -0.05) is 0 Å². The fourth-order valence-electron chi connectivity index (χ4n) is 2.72. The second-order valence-corrected chi connectivity index (χ2v) is 6.59. The number of nitrogens with one attached hydrogen (secondary N) is 1. The molecule has 1 aliphatic carbocycles. The lowest BCUT2D eigenvalue weighted by Crippen LogP contribution is -2.49. The van der Waals surface area contributed by atoms with Gasteiger partial charge in [-0.3, -0.25) is 4.98 Å². The highest BCUT2D eigenvalue weighted by Crippen LogP contribution is 2.36. The van der Waals surface area contributed by atoms with Crippen molar-refractivity contribution in [2.24, 2.45) is 0 Å². The molecule has 1 saturated heterocycles. The van der Waals surface area contributed by atoms with Crippen LogP contribution in [0, 0.1) is 0 Å². The van der Waals surface area contributed by atoms with Gasteiger partial charge in [-0.25, -0.2) is 0 Å². The maximum Gasteiger partial charge on any atom is 0.102 e. The summed E-state index contributed by atoms with van der Waals surface area (Å²) >= 11 is 3.40. The van der Waals surface area contributed by atoms with Crippen LogP contribution in [0.4, 0.5) is 0 Å². The minimum Gasteiger partial charge on any atom is -0.386 e. The maximum absolute atomic E-state index is 10.2. The fourth-order valence-corrected chi connectivity index (χ4v) is 2.96. The average molecular weight is 327 g/mol. The van der Waals surface area contributed by atoms with Gasteiger partial charge in [0.05, 0.1) is 6.61 Å². The van der Waals surface area contributed by atoms with Gasteiger partial charge >= 0.3 is 0 Å². The monoisotopic (exact) mass is 326 g/mol. The first-order valence-corrected chi connectivity index (χ1v) is 7.59. The Morgan fingerprint density at radius 2 is 2.32 bits per heavy atom. The molecule has 104 valence electrons. The predicted octanol–water partition coefficient (Wildman–Crippen LogP) is 1.83. The molecule has 0 spiro atoms. The summed E-state index contributed by atoms with van der Waals surface area (Å²) in [6.45, 7) is 1.77. The normalized spacial score (nSPS) is 34.2. The summed E-state index contributed by atoms with van der Waals surface area (Å²) in [5.41, 5.74) is 0.519. The van der Waals surface area contributed by atoms with E-state index in [9.17, 15) is 5.11 Å². The molecule has 0 bridgehead atoms. The lowest BCUT2D eigenvalue weighted by atomic mass is 9.77. The van der Waals surface area contributed by atoms with Crippen molar-refractivity contribution in [2.45, 2.75) is 36.8 Å². The van der Waals surface area contributed by atoms with Gasteiger partial charge in [0.25, 0.3) is 0 Å². The number of aliphatic hydroxyl groups is 1. The van der Waals surface area contributed by atoms with E-state index in [4.69, 9.17) is 4.74 Å². The molecule has 2 fully saturated rings. The van der Waals surface area contributed by atoms with Gasteiger partial charge in [0, 0.05) is 47.9 Å². The number of rotatable bonds is 4. The third-order valence-corrected chi connectivity index (χ3v) is 4.58. The van der Waals surface area contributed by atoms with Crippen LogP contribution in [0.5, 0.6) is 0 Å². The minimum absolute atomic E-state index is 0.463. The lowest BCUT2D eigenvalue weighted by Gasteiger charge is -2.37. The second-order valence-electron chi connectivity index (χ2n) is 5.67. The van der Waals surface area contributed by atoms with Gasteiger partial charge in [-0.05, 0) is 40.9 Å². The van der Waals surface area contributed by atoms with Crippen molar-refractivity contribution in [3.63, 3.8) is 0 Å². The second kappa shape index (κ2) is 5.48. The van der Waals surface area contributed by atoms with Crippen LogP contribution in [0.3, 0.4) is 0 Å². The zero-order valence-corrected chi connectivity index (χ0v) is 12.4. The predicted molar refractivity (Wildman–Crippen MR) is 76.1 cm³/mol. The molecule has 0 radical (unpaired) electrons. The Hall–Kier alpha value is -0.490. The largest absolute Gasteiger partial charge is 0.386 e. The molecule has 2 N–H and O–H groups in total. The first kappa shape index (κ1) is 13.5. The smallest absolute Gasteiger partial charge is 0.102 e. The van der Waals surface area contributed by atoms with Gasteiger partial charge in [-0.2, -0.15) is 0 Å². The molecule has 4 nitrogen and oxygen atoms in total. The van der Waals surface area contributed by atoms with Crippen LogP contribution >= 0.6 is 15.9 Å². The van der Waals surface area contributed by atoms with Crippen molar-refractivity contribution in [1.29, 1.82) is 0 Å². The van der Waals surface area contributed by atoms with Crippen LogP contribution in [-0.4, -0.2) is 41.5 Å². The molecule has 1 saturated carbocycles. The molecule has 19 heavy (non-hydrogen) atoms. The molecule has 2 aliphatic rings. The zero-order valence-electron chi connectivity index (χ0n) is 10.8. The highest BCUT2D eigenvalue weighted by atomic mass is 79.9. The van der Waals surface area contributed by atoms with Crippen molar-refractivity contribution < 1.29 is 9.84 Å². The number of pyridine rings is 1. The minimum atomic E-state index is -0.652. The van der Waals surface area contributed by atoms with Gasteiger partial charge in [0.1, 0.15) is 5.60 Å². The van der Waals surface area contributed by atoms with E-state index in [1.807, 2.05) is 12.3 Å². The molecule has 5 heteroatoms. The van der Waals surface area contributed by atoms with Crippen LogP contribution in [0.1, 0.15) is 30.9 Å². The highest BCUT2D eigenvalue weighted by Gasteiger charge is 2.36. The Bertz CT molecular complexity index is 426. The molecule has 2 heterocycles. The van der Waals surface area contributed by atoms with E-state index in [1.54, 1.807) is 0 Å². The zero-order chi connectivity index (χ0) is 13.3. The van der Waals surface area contributed by atoms with Gasteiger partial charge in [0.2, 0.25) is 0 Å². The Balaban J connectivity index is 1.44. The Morgan fingerprint density at radius 3 is 2.95 bits per heavy atom. The summed E-state index contributed by atoms with van der Waals surface area (Å²) in [6, 6.07) is 4.63. The summed E-state index contributed by atoms with van der Waals surface area (Å²) in [5.74, 6) is 0.556. The van der Waals surface area contributed by atoms with Crippen molar-refractivity contribution in [1.82, 2.24) is 10.3 Å². The summed E-state index contributed by atoms with van der Waals surface area (Å²) in [4.78, 5) is 4.44. The topological polar surface area (TPSA) is 54.4 Å². The molecule has 1 aromatic rings. The quantitative estimate of drug-likeness (QED) is 0.886. The van der Waals surface area contributed by atoms with Crippen molar-refractivity contribution in [3.05, 3.63) is 28.5 Å². The van der Waals surface area contributed by atoms with Crippen LogP contribution in [0.25, 0.3) is 0 Å². The maximum atomic E-state index is 10.2. The molecule has 0 aromatic carbocycles. The third-order valence-electron chi connectivity index (χ3n) is 4.11.